The van der Waals surface area contributed by atoms with Gasteiger partial charge in [0.1, 0.15) is 5.01 Å². The van der Waals surface area contributed by atoms with Gasteiger partial charge in [-0.2, -0.15) is 0 Å². The highest BCUT2D eigenvalue weighted by Crippen LogP contribution is 2.16. The number of rotatable bonds is 3. The maximum absolute atomic E-state index is 5.72. The first-order valence-corrected chi connectivity index (χ1v) is 6.52. The van der Waals surface area contributed by atoms with Gasteiger partial charge in [-0.25, -0.2) is 4.98 Å². The van der Waals surface area contributed by atoms with Gasteiger partial charge in [0.15, 0.2) is 0 Å². The van der Waals surface area contributed by atoms with Crippen molar-refractivity contribution in [3.8, 4) is 0 Å². The van der Waals surface area contributed by atoms with Crippen LogP contribution in [0.2, 0.25) is 0 Å². The Morgan fingerprint density at radius 1 is 1.73 bits per heavy atom. The fourth-order valence-corrected chi connectivity index (χ4v) is 2.70. The summed E-state index contributed by atoms with van der Waals surface area (Å²) < 4.78 is 5.40. The maximum Gasteiger partial charge on any atom is 0.107 e. The Balaban J connectivity index is 1.95. The summed E-state index contributed by atoms with van der Waals surface area (Å²) in [5, 5.41) is 3.19. The minimum atomic E-state index is 0.488. The molecule has 0 saturated carbocycles. The van der Waals surface area contributed by atoms with Gasteiger partial charge in [-0.1, -0.05) is 0 Å². The second kappa shape index (κ2) is 5.25. The van der Waals surface area contributed by atoms with E-state index in [9.17, 15) is 0 Å². The third-order valence-corrected chi connectivity index (χ3v) is 3.74. The lowest BCUT2D eigenvalue weighted by atomic mass is 10.2. The topological polar surface area (TPSA) is 25.4 Å². The Morgan fingerprint density at radius 3 is 3.27 bits per heavy atom. The average Bonchev–Trinajstić information content (AvgIpc) is 2.69. The first-order chi connectivity index (χ1) is 7.29. The predicted octanol–water partition coefficient (Wildman–Crippen LogP) is 2.10. The van der Waals surface area contributed by atoms with E-state index in [0.717, 1.165) is 37.0 Å². The summed E-state index contributed by atoms with van der Waals surface area (Å²) >= 11 is 7.41. The normalized spacial score (nSPS) is 23.2. The molecule has 1 aromatic rings. The molecule has 0 radical (unpaired) electrons. The van der Waals surface area contributed by atoms with E-state index in [1.165, 1.54) is 0 Å². The average molecular weight is 247 g/mol. The highest BCUT2D eigenvalue weighted by molar-refractivity contribution is 7.09. The van der Waals surface area contributed by atoms with Gasteiger partial charge in [0, 0.05) is 18.0 Å². The molecule has 0 bridgehead atoms. The Kier molecular flexibility index (Phi) is 3.97. The van der Waals surface area contributed by atoms with Crippen LogP contribution >= 0.6 is 22.9 Å². The summed E-state index contributed by atoms with van der Waals surface area (Å²) in [6, 6.07) is 0.488. The molecule has 1 fully saturated rings. The smallest absolute Gasteiger partial charge is 0.107 e. The second-order valence-corrected chi connectivity index (χ2v) is 4.97. The Morgan fingerprint density at radius 2 is 2.60 bits per heavy atom. The molecule has 84 valence electrons. The van der Waals surface area contributed by atoms with Gasteiger partial charge in [0.25, 0.3) is 0 Å². The fourth-order valence-electron chi connectivity index (χ4n) is 1.65. The Labute approximate surface area is 99.0 Å². The van der Waals surface area contributed by atoms with Crippen molar-refractivity contribution in [3.05, 3.63) is 16.1 Å². The summed E-state index contributed by atoms with van der Waals surface area (Å²) in [6.07, 6.45) is 0. The molecule has 1 aliphatic rings. The van der Waals surface area contributed by atoms with E-state index < -0.39 is 0 Å². The number of hydrogen-bond donors (Lipinski definition) is 0. The SMILES string of the molecule is CC1COCCN1Cc1nc(CCl)cs1. The van der Waals surface area contributed by atoms with Crippen LogP contribution in [0, 0.1) is 0 Å². The summed E-state index contributed by atoms with van der Waals surface area (Å²) in [5.41, 5.74) is 0.984. The van der Waals surface area contributed by atoms with E-state index in [1.54, 1.807) is 11.3 Å². The molecule has 0 amide bonds. The molecule has 0 spiro atoms. The molecule has 3 nitrogen and oxygen atoms in total. The van der Waals surface area contributed by atoms with Crippen molar-refractivity contribution in [2.75, 3.05) is 19.8 Å². The van der Waals surface area contributed by atoms with Crippen LogP contribution in [0.4, 0.5) is 0 Å². The largest absolute Gasteiger partial charge is 0.379 e. The third kappa shape index (κ3) is 2.91. The van der Waals surface area contributed by atoms with E-state index in [-0.39, 0.29) is 0 Å². The molecule has 5 heteroatoms. The first kappa shape index (κ1) is 11.3. The number of halogens is 1. The molecule has 1 aliphatic heterocycles. The van der Waals surface area contributed by atoms with Crippen LogP contribution in [-0.4, -0.2) is 35.7 Å². The molecule has 0 aromatic carbocycles. The van der Waals surface area contributed by atoms with Crippen LogP contribution in [-0.2, 0) is 17.2 Å². The molecule has 2 rings (SSSR count). The maximum atomic E-state index is 5.72. The van der Waals surface area contributed by atoms with Gasteiger partial charge in [0.2, 0.25) is 0 Å². The second-order valence-electron chi connectivity index (χ2n) is 3.76. The van der Waals surface area contributed by atoms with E-state index >= 15 is 0 Å². The van der Waals surface area contributed by atoms with Crippen LogP contribution in [0.5, 0.6) is 0 Å². The summed E-state index contributed by atoms with van der Waals surface area (Å²) in [5.74, 6) is 0.509. The van der Waals surface area contributed by atoms with E-state index in [4.69, 9.17) is 16.3 Å². The lowest BCUT2D eigenvalue weighted by Gasteiger charge is -2.32. The zero-order valence-corrected chi connectivity index (χ0v) is 10.4. The lowest BCUT2D eigenvalue weighted by molar-refractivity contribution is -0.00440. The van der Waals surface area contributed by atoms with Crippen LogP contribution in [0.1, 0.15) is 17.6 Å². The van der Waals surface area contributed by atoms with E-state index in [0.29, 0.717) is 11.9 Å². The van der Waals surface area contributed by atoms with Crippen molar-refractivity contribution < 1.29 is 4.74 Å². The van der Waals surface area contributed by atoms with Crippen molar-refractivity contribution in [3.63, 3.8) is 0 Å². The molecular formula is C10H15ClN2OS. The molecule has 0 N–H and O–H groups in total. The quantitative estimate of drug-likeness (QED) is 0.764. The van der Waals surface area contributed by atoms with Crippen LogP contribution in [0.15, 0.2) is 5.38 Å². The van der Waals surface area contributed by atoms with Gasteiger partial charge >= 0.3 is 0 Å². The number of ether oxygens (including phenoxy) is 1. The molecule has 1 unspecified atom stereocenters. The Hall–Kier alpha value is -0.160. The van der Waals surface area contributed by atoms with E-state index in [1.807, 2.05) is 5.38 Å². The number of alkyl halides is 1. The van der Waals surface area contributed by atoms with E-state index in [2.05, 4.69) is 16.8 Å². The van der Waals surface area contributed by atoms with Crippen molar-refractivity contribution >= 4 is 22.9 Å². The van der Waals surface area contributed by atoms with Crippen molar-refractivity contribution in [1.29, 1.82) is 0 Å². The van der Waals surface area contributed by atoms with Gasteiger partial charge in [-0.3, -0.25) is 4.90 Å². The highest BCUT2D eigenvalue weighted by atomic mass is 35.5. The van der Waals surface area contributed by atoms with Crippen molar-refractivity contribution in [2.45, 2.75) is 25.4 Å². The van der Waals surface area contributed by atoms with Gasteiger partial charge in [0.05, 0.1) is 31.3 Å². The van der Waals surface area contributed by atoms with Crippen molar-refractivity contribution in [1.82, 2.24) is 9.88 Å². The predicted molar refractivity (Wildman–Crippen MR) is 62.4 cm³/mol. The monoisotopic (exact) mass is 246 g/mol. The Bertz CT molecular complexity index is 318. The first-order valence-electron chi connectivity index (χ1n) is 5.10. The molecule has 2 heterocycles. The number of aromatic nitrogens is 1. The van der Waals surface area contributed by atoms with Gasteiger partial charge < -0.3 is 4.74 Å². The number of hydrogen-bond acceptors (Lipinski definition) is 4. The number of nitrogens with zero attached hydrogens (tertiary/aromatic N) is 2. The highest BCUT2D eigenvalue weighted by Gasteiger charge is 2.19. The summed E-state index contributed by atoms with van der Waals surface area (Å²) in [4.78, 5) is 6.86. The molecule has 1 atom stereocenters. The fraction of sp³-hybridized carbons (Fsp3) is 0.700. The standard InChI is InChI=1S/C10H15ClN2OS/c1-8-6-14-3-2-13(8)5-10-12-9(4-11)7-15-10/h7-8H,2-6H2,1H3. The van der Waals surface area contributed by atoms with Gasteiger partial charge in [-0.15, -0.1) is 22.9 Å². The summed E-state index contributed by atoms with van der Waals surface area (Å²) in [6.45, 7) is 5.77. The number of thiazole rings is 1. The molecule has 1 aromatic heterocycles. The van der Waals surface area contributed by atoms with Gasteiger partial charge in [-0.05, 0) is 6.92 Å². The number of morpholine rings is 1. The zero-order chi connectivity index (χ0) is 10.7. The molecule has 0 aliphatic carbocycles. The third-order valence-electron chi connectivity index (χ3n) is 2.58. The van der Waals surface area contributed by atoms with Crippen molar-refractivity contribution in [2.24, 2.45) is 0 Å². The van der Waals surface area contributed by atoms with Crippen LogP contribution < -0.4 is 0 Å². The molecular weight excluding hydrogens is 232 g/mol. The van der Waals surface area contributed by atoms with Crippen LogP contribution in [0.25, 0.3) is 0 Å². The lowest BCUT2D eigenvalue weighted by Crippen LogP contribution is -2.42. The minimum absolute atomic E-state index is 0.488. The minimum Gasteiger partial charge on any atom is -0.379 e. The zero-order valence-electron chi connectivity index (χ0n) is 8.78. The summed E-state index contributed by atoms with van der Waals surface area (Å²) in [7, 11) is 0. The molecule has 1 saturated heterocycles. The van der Waals surface area contributed by atoms with Crippen LogP contribution in [0.3, 0.4) is 0 Å². The molecule has 15 heavy (non-hydrogen) atoms.